The highest BCUT2D eigenvalue weighted by Gasteiger charge is 2.33. The Morgan fingerprint density at radius 2 is 2.06 bits per heavy atom. The smallest absolute Gasteiger partial charge is 0.153 e. The van der Waals surface area contributed by atoms with Crippen molar-refractivity contribution in [2.45, 2.75) is 38.0 Å². The summed E-state index contributed by atoms with van der Waals surface area (Å²) < 4.78 is 22.6. The second kappa shape index (κ2) is 5.02. The largest absolute Gasteiger partial charge is 0.311 e. The summed E-state index contributed by atoms with van der Waals surface area (Å²) >= 11 is 0. The van der Waals surface area contributed by atoms with Crippen LogP contribution in [0.2, 0.25) is 0 Å². The van der Waals surface area contributed by atoms with E-state index < -0.39 is 14.6 Å². The third kappa shape index (κ3) is 3.43. The molecule has 1 aliphatic heterocycles. The Morgan fingerprint density at radius 3 is 2.56 bits per heavy atom. The van der Waals surface area contributed by atoms with Gasteiger partial charge >= 0.3 is 0 Å². The van der Waals surface area contributed by atoms with Crippen molar-refractivity contribution in [3.8, 4) is 0 Å². The zero-order valence-electron chi connectivity index (χ0n) is 10.8. The van der Waals surface area contributed by atoms with Gasteiger partial charge in [0.2, 0.25) is 0 Å². The molecule has 0 aromatic rings. The van der Waals surface area contributed by atoms with Gasteiger partial charge in [0.05, 0.1) is 4.75 Å². The minimum Gasteiger partial charge on any atom is -0.311 e. The summed E-state index contributed by atoms with van der Waals surface area (Å²) in [6.45, 7) is 9.26. The molecule has 96 valence electrons. The van der Waals surface area contributed by atoms with E-state index in [-0.39, 0.29) is 0 Å². The molecule has 1 rings (SSSR count). The van der Waals surface area contributed by atoms with Crippen LogP contribution < -0.4 is 5.32 Å². The van der Waals surface area contributed by atoms with Crippen LogP contribution in [-0.4, -0.2) is 56.5 Å². The molecule has 1 saturated heterocycles. The number of rotatable bonds is 4. The van der Waals surface area contributed by atoms with E-state index in [1.54, 1.807) is 0 Å². The maximum atomic E-state index is 11.6. The highest BCUT2D eigenvalue weighted by Crippen LogP contribution is 2.18. The zero-order valence-corrected chi connectivity index (χ0v) is 11.6. The molecule has 0 amide bonds. The summed E-state index contributed by atoms with van der Waals surface area (Å²) in [5, 5.41) is 3.43. The molecule has 1 N–H and O–H groups in total. The predicted molar refractivity (Wildman–Crippen MR) is 67.4 cm³/mol. The number of nitrogens with zero attached hydrogens (tertiary/aromatic N) is 1. The molecule has 1 heterocycles. The summed E-state index contributed by atoms with van der Waals surface area (Å²) in [7, 11) is -2.99. The van der Waals surface area contributed by atoms with E-state index in [0.29, 0.717) is 12.6 Å². The first kappa shape index (κ1) is 13.9. The van der Waals surface area contributed by atoms with E-state index in [9.17, 15) is 8.42 Å². The van der Waals surface area contributed by atoms with Crippen molar-refractivity contribution >= 4 is 9.84 Å². The van der Waals surface area contributed by atoms with Crippen molar-refractivity contribution in [1.82, 2.24) is 10.2 Å². The summed E-state index contributed by atoms with van der Waals surface area (Å²) in [6.07, 6.45) is 2.42. The maximum absolute atomic E-state index is 11.6. The SMILES string of the molecule is CCC1CN(CC(C)(C)S(C)(=O)=O)CCN1. The average molecular weight is 248 g/mol. The van der Waals surface area contributed by atoms with Gasteiger partial charge in [0.1, 0.15) is 0 Å². The quantitative estimate of drug-likeness (QED) is 0.787. The minimum absolute atomic E-state index is 0.504. The molecule has 0 aromatic carbocycles. The van der Waals surface area contributed by atoms with Crippen molar-refractivity contribution < 1.29 is 8.42 Å². The van der Waals surface area contributed by atoms with E-state index >= 15 is 0 Å². The Hall–Kier alpha value is -0.130. The number of hydrogen-bond acceptors (Lipinski definition) is 4. The van der Waals surface area contributed by atoms with Gasteiger partial charge in [-0.3, -0.25) is 4.90 Å². The third-order valence-corrected chi connectivity index (χ3v) is 5.58. The average Bonchev–Trinajstić information content (AvgIpc) is 2.15. The lowest BCUT2D eigenvalue weighted by atomic mass is 10.1. The van der Waals surface area contributed by atoms with E-state index in [2.05, 4.69) is 17.1 Å². The van der Waals surface area contributed by atoms with Crippen LogP contribution in [0.4, 0.5) is 0 Å². The molecular weight excluding hydrogens is 224 g/mol. The van der Waals surface area contributed by atoms with E-state index in [1.165, 1.54) is 6.26 Å². The number of hydrogen-bond donors (Lipinski definition) is 1. The minimum atomic E-state index is -2.99. The Balaban J connectivity index is 2.60. The van der Waals surface area contributed by atoms with E-state index in [4.69, 9.17) is 0 Å². The highest BCUT2D eigenvalue weighted by atomic mass is 32.2. The molecule has 0 spiro atoms. The molecule has 0 aliphatic carbocycles. The number of piperazine rings is 1. The lowest BCUT2D eigenvalue weighted by molar-refractivity contribution is 0.184. The van der Waals surface area contributed by atoms with Crippen molar-refractivity contribution in [3.63, 3.8) is 0 Å². The first-order valence-corrected chi connectivity index (χ1v) is 7.81. The zero-order chi connectivity index (χ0) is 12.4. The van der Waals surface area contributed by atoms with Crippen LogP contribution in [0.5, 0.6) is 0 Å². The fourth-order valence-electron chi connectivity index (χ4n) is 1.97. The van der Waals surface area contributed by atoms with Gasteiger partial charge in [0.15, 0.2) is 9.84 Å². The summed E-state index contributed by atoms with van der Waals surface area (Å²) in [5.74, 6) is 0. The van der Waals surface area contributed by atoms with Crippen molar-refractivity contribution in [3.05, 3.63) is 0 Å². The molecule has 1 atom stereocenters. The summed E-state index contributed by atoms with van der Waals surface area (Å²) in [6, 6.07) is 0.504. The molecule has 0 bridgehead atoms. The summed E-state index contributed by atoms with van der Waals surface area (Å²) in [4.78, 5) is 2.26. The van der Waals surface area contributed by atoms with Crippen LogP contribution in [0.15, 0.2) is 0 Å². The molecule has 4 nitrogen and oxygen atoms in total. The molecule has 0 radical (unpaired) electrons. The van der Waals surface area contributed by atoms with Crippen molar-refractivity contribution in [2.24, 2.45) is 0 Å². The fraction of sp³-hybridized carbons (Fsp3) is 1.00. The molecule has 16 heavy (non-hydrogen) atoms. The fourth-order valence-corrected chi connectivity index (χ4v) is 2.38. The maximum Gasteiger partial charge on any atom is 0.153 e. The van der Waals surface area contributed by atoms with Crippen LogP contribution in [0.25, 0.3) is 0 Å². The van der Waals surface area contributed by atoms with Gasteiger partial charge in [-0.1, -0.05) is 6.92 Å². The normalized spacial score (nSPS) is 24.6. The first-order chi connectivity index (χ1) is 7.26. The Morgan fingerprint density at radius 1 is 1.44 bits per heavy atom. The monoisotopic (exact) mass is 248 g/mol. The van der Waals surface area contributed by atoms with Gasteiger partial charge in [-0.05, 0) is 20.3 Å². The lowest BCUT2D eigenvalue weighted by Crippen LogP contribution is -2.54. The number of nitrogens with one attached hydrogen (secondary N) is 1. The van der Waals surface area contributed by atoms with Gasteiger partial charge in [-0.2, -0.15) is 0 Å². The standard InChI is InChI=1S/C11H24N2O2S/c1-5-10-8-13(7-6-12-10)9-11(2,3)16(4,14)15/h10,12H,5-9H2,1-4H3. The van der Waals surface area contributed by atoms with Gasteiger partial charge in [0, 0.05) is 38.5 Å². The lowest BCUT2D eigenvalue weighted by Gasteiger charge is -2.37. The van der Waals surface area contributed by atoms with Crippen LogP contribution in [0, 0.1) is 0 Å². The van der Waals surface area contributed by atoms with Crippen molar-refractivity contribution in [2.75, 3.05) is 32.4 Å². The molecule has 0 aromatic heterocycles. The van der Waals surface area contributed by atoms with Gasteiger partial charge in [-0.25, -0.2) is 8.42 Å². The van der Waals surface area contributed by atoms with Gasteiger partial charge in [-0.15, -0.1) is 0 Å². The second-order valence-corrected chi connectivity index (χ2v) is 7.98. The third-order valence-electron chi connectivity index (χ3n) is 3.44. The Labute approximate surface area is 99.3 Å². The molecule has 1 unspecified atom stereocenters. The highest BCUT2D eigenvalue weighted by molar-refractivity contribution is 7.92. The molecule has 1 fully saturated rings. The summed E-state index contributed by atoms with van der Waals surface area (Å²) in [5.41, 5.74) is 0. The second-order valence-electron chi connectivity index (χ2n) is 5.33. The van der Waals surface area contributed by atoms with Crippen LogP contribution in [0.1, 0.15) is 27.2 Å². The van der Waals surface area contributed by atoms with Crippen LogP contribution in [0.3, 0.4) is 0 Å². The van der Waals surface area contributed by atoms with Crippen molar-refractivity contribution in [1.29, 1.82) is 0 Å². The first-order valence-electron chi connectivity index (χ1n) is 5.91. The predicted octanol–water partition coefficient (Wildman–Crippen LogP) is 0.493. The molecule has 0 saturated carbocycles. The van der Waals surface area contributed by atoms with Gasteiger partial charge < -0.3 is 5.32 Å². The van der Waals surface area contributed by atoms with Gasteiger partial charge in [0.25, 0.3) is 0 Å². The van der Waals surface area contributed by atoms with E-state index in [0.717, 1.165) is 26.1 Å². The van der Waals surface area contributed by atoms with Crippen LogP contribution in [-0.2, 0) is 9.84 Å². The molecule has 5 heteroatoms. The van der Waals surface area contributed by atoms with Crippen LogP contribution >= 0.6 is 0 Å². The Kier molecular flexibility index (Phi) is 4.37. The topological polar surface area (TPSA) is 49.4 Å². The number of sulfone groups is 1. The molecule has 1 aliphatic rings. The van der Waals surface area contributed by atoms with E-state index in [1.807, 2.05) is 13.8 Å². The Bertz CT molecular complexity index is 325. The molecular formula is C11H24N2O2S.